The lowest BCUT2D eigenvalue weighted by atomic mass is 10.0. The molecular weight excluding hydrogens is 416 g/mol. The summed E-state index contributed by atoms with van der Waals surface area (Å²) < 4.78 is 45.3. The first-order valence-electron chi connectivity index (χ1n) is 11.1. The van der Waals surface area contributed by atoms with Gasteiger partial charge in [-0.1, -0.05) is 12.1 Å². The van der Waals surface area contributed by atoms with Crippen molar-refractivity contribution < 1.29 is 37.9 Å². The Labute approximate surface area is 186 Å². The third kappa shape index (κ3) is 5.45. The number of rotatable bonds is 13. The number of hydrogen-bond acceptors (Lipinski definition) is 8. The van der Waals surface area contributed by atoms with E-state index in [-0.39, 0.29) is 24.4 Å². The molecule has 0 saturated carbocycles. The van der Waals surface area contributed by atoms with Crippen LogP contribution in [0.5, 0.6) is 23.0 Å². The summed E-state index contributed by atoms with van der Waals surface area (Å²) in [7, 11) is 0. The van der Waals surface area contributed by atoms with Crippen LogP contribution < -0.4 is 18.9 Å². The Hall–Kier alpha value is -2.52. The highest BCUT2D eigenvalue weighted by Crippen LogP contribution is 2.41. The Kier molecular flexibility index (Phi) is 5.52. The van der Waals surface area contributed by atoms with Crippen molar-refractivity contribution in [3.05, 3.63) is 36.4 Å². The molecule has 0 radical (unpaired) electrons. The quantitative estimate of drug-likeness (QED) is 0.437. The van der Waals surface area contributed by atoms with Gasteiger partial charge in [0.15, 0.2) is 11.5 Å². The minimum atomic E-state index is 0.133. The maximum atomic E-state index is 6.18. The molecule has 8 heteroatoms. The molecule has 4 atom stereocenters. The van der Waals surface area contributed by atoms with Crippen molar-refractivity contribution in [3.63, 3.8) is 0 Å². The number of para-hydroxylation sites is 1. The molecule has 4 unspecified atom stereocenters. The Balaban J connectivity index is 1.30. The van der Waals surface area contributed by atoms with Gasteiger partial charge >= 0.3 is 0 Å². The van der Waals surface area contributed by atoms with Gasteiger partial charge in [0.1, 0.15) is 62.3 Å². The molecule has 4 heterocycles. The predicted molar refractivity (Wildman–Crippen MR) is 113 cm³/mol. The van der Waals surface area contributed by atoms with Crippen LogP contribution in [0.1, 0.15) is 0 Å². The topological polar surface area (TPSA) is 87.0 Å². The highest BCUT2D eigenvalue weighted by Gasteiger charge is 2.28. The average molecular weight is 442 g/mol. The molecule has 170 valence electrons. The molecule has 0 spiro atoms. The highest BCUT2D eigenvalue weighted by atomic mass is 16.6. The van der Waals surface area contributed by atoms with Crippen LogP contribution in [0, 0.1) is 0 Å². The zero-order chi connectivity index (χ0) is 21.3. The van der Waals surface area contributed by atoms with Crippen molar-refractivity contribution in [2.75, 3.05) is 52.9 Å². The van der Waals surface area contributed by atoms with Crippen molar-refractivity contribution in [3.8, 4) is 34.1 Å². The second-order valence-electron chi connectivity index (χ2n) is 8.39. The largest absolute Gasteiger partial charge is 0.491 e. The summed E-state index contributed by atoms with van der Waals surface area (Å²) in [4.78, 5) is 0. The van der Waals surface area contributed by atoms with E-state index >= 15 is 0 Å². The number of ether oxygens (including phenoxy) is 8. The third-order valence-corrected chi connectivity index (χ3v) is 5.49. The number of hydrogen-bond donors (Lipinski definition) is 0. The number of epoxide rings is 4. The molecule has 0 aromatic heterocycles. The molecule has 0 amide bonds. The van der Waals surface area contributed by atoms with Crippen molar-refractivity contribution in [2.24, 2.45) is 0 Å². The van der Waals surface area contributed by atoms with Crippen LogP contribution in [0.2, 0.25) is 0 Å². The van der Waals surface area contributed by atoms with E-state index in [2.05, 4.69) is 0 Å². The Bertz CT molecular complexity index is 913. The van der Waals surface area contributed by atoms with E-state index in [4.69, 9.17) is 37.9 Å². The van der Waals surface area contributed by atoms with E-state index < -0.39 is 0 Å². The Morgan fingerprint density at radius 2 is 1.12 bits per heavy atom. The molecule has 4 aliphatic heterocycles. The van der Waals surface area contributed by atoms with Gasteiger partial charge in [-0.15, -0.1) is 0 Å². The maximum Gasteiger partial charge on any atom is 0.169 e. The molecule has 4 aliphatic rings. The van der Waals surface area contributed by atoms with Crippen LogP contribution in [0.15, 0.2) is 36.4 Å². The van der Waals surface area contributed by atoms with E-state index in [1.807, 2.05) is 36.4 Å². The Morgan fingerprint density at radius 3 is 1.66 bits per heavy atom. The molecule has 2 aromatic rings. The Morgan fingerprint density at radius 1 is 0.625 bits per heavy atom. The van der Waals surface area contributed by atoms with Crippen molar-refractivity contribution >= 4 is 0 Å². The van der Waals surface area contributed by atoms with Gasteiger partial charge in [-0.25, -0.2) is 0 Å². The summed E-state index contributed by atoms with van der Waals surface area (Å²) >= 11 is 0. The first kappa shape index (κ1) is 20.1. The molecule has 0 N–H and O–H groups in total. The first-order valence-corrected chi connectivity index (χ1v) is 11.1. The molecule has 2 aromatic carbocycles. The molecule has 4 fully saturated rings. The fraction of sp³-hybridized carbons (Fsp3) is 0.500. The van der Waals surface area contributed by atoms with Crippen LogP contribution in [-0.4, -0.2) is 77.3 Å². The van der Waals surface area contributed by atoms with Gasteiger partial charge in [0, 0.05) is 11.6 Å². The molecule has 0 bridgehead atoms. The predicted octanol–water partition coefficient (Wildman–Crippen LogP) is 2.46. The lowest BCUT2D eigenvalue weighted by molar-refractivity contribution is 0.229. The van der Waals surface area contributed by atoms with Gasteiger partial charge in [0.05, 0.1) is 26.4 Å². The van der Waals surface area contributed by atoms with Crippen LogP contribution in [-0.2, 0) is 18.9 Å². The first-order chi connectivity index (χ1) is 15.8. The highest BCUT2D eigenvalue weighted by molar-refractivity contribution is 5.76. The minimum Gasteiger partial charge on any atom is -0.491 e. The summed E-state index contributed by atoms with van der Waals surface area (Å²) in [6.45, 7) is 4.96. The summed E-state index contributed by atoms with van der Waals surface area (Å²) in [5, 5.41) is 0. The second-order valence-corrected chi connectivity index (χ2v) is 8.39. The lowest BCUT2D eigenvalue weighted by Gasteiger charge is -2.17. The minimum absolute atomic E-state index is 0.133. The van der Waals surface area contributed by atoms with Gasteiger partial charge in [0.25, 0.3) is 0 Å². The lowest BCUT2D eigenvalue weighted by Crippen LogP contribution is -2.10. The van der Waals surface area contributed by atoms with Gasteiger partial charge in [-0.05, 0) is 23.8 Å². The normalized spacial score (nSPS) is 26.9. The van der Waals surface area contributed by atoms with E-state index in [0.717, 1.165) is 49.1 Å². The SMILES string of the molecule is c1cc(OCC2CO2)c(OCC2CO2)c(-c2cc(OCC3CO3)cc(OCC3CO3)c2)c1. The third-order valence-electron chi connectivity index (χ3n) is 5.49. The van der Waals surface area contributed by atoms with Crippen molar-refractivity contribution in [1.29, 1.82) is 0 Å². The molecule has 8 nitrogen and oxygen atoms in total. The summed E-state index contributed by atoms with van der Waals surface area (Å²) in [5.74, 6) is 2.81. The second kappa shape index (κ2) is 8.78. The van der Waals surface area contributed by atoms with Crippen molar-refractivity contribution in [1.82, 2.24) is 0 Å². The van der Waals surface area contributed by atoms with Gasteiger partial charge in [-0.2, -0.15) is 0 Å². The van der Waals surface area contributed by atoms with Gasteiger partial charge in [0.2, 0.25) is 0 Å². The average Bonchev–Trinajstić information content (AvgIpc) is 3.65. The van der Waals surface area contributed by atoms with Crippen LogP contribution >= 0.6 is 0 Å². The van der Waals surface area contributed by atoms with Gasteiger partial charge < -0.3 is 37.9 Å². The molecule has 0 aliphatic carbocycles. The van der Waals surface area contributed by atoms with Crippen molar-refractivity contribution in [2.45, 2.75) is 24.4 Å². The van der Waals surface area contributed by atoms with E-state index in [1.54, 1.807) is 0 Å². The van der Waals surface area contributed by atoms with E-state index in [0.29, 0.717) is 37.9 Å². The van der Waals surface area contributed by atoms with Gasteiger partial charge in [-0.3, -0.25) is 0 Å². The summed E-state index contributed by atoms with van der Waals surface area (Å²) in [6, 6.07) is 11.8. The molecule has 6 rings (SSSR count). The fourth-order valence-electron chi connectivity index (χ4n) is 3.29. The van der Waals surface area contributed by atoms with Crippen LogP contribution in [0.25, 0.3) is 11.1 Å². The smallest absolute Gasteiger partial charge is 0.169 e. The summed E-state index contributed by atoms with van der Waals surface area (Å²) in [6.07, 6.45) is 0.626. The molecule has 32 heavy (non-hydrogen) atoms. The van der Waals surface area contributed by atoms with E-state index in [9.17, 15) is 0 Å². The standard InChI is InChI=1S/C24H26O8/c1-2-22(24(32-14-21-12-30-21)23(3-1)31-13-20-11-29-20)15-4-16(25-7-18-9-27-18)6-17(5-15)26-8-19-10-28-19/h1-6,18-21H,7-14H2. The fourth-order valence-corrected chi connectivity index (χ4v) is 3.29. The zero-order valence-electron chi connectivity index (χ0n) is 17.7. The molecule has 4 saturated heterocycles. The number of benzene rings is 2. The molecular formula is C24H26O8. The van der Waals surface area contributed by atoms with Crippen LogP contribution in [0.4, 0.5) is 0 Å². The van der Waals surface area contributed by atoms with E-state index in [1.165, 1.54) is 0 Å². The maximum absolute atomic E-state index is 6.18. The van der Waals surface area contributed by atoms with Crippen LogP contribution in [0.3, 0.4) is 0 Å². The summed E-state index contributed by atoms with van der Waals surface area (Å²) in [5.41, 5.74) is 1.83. The monoisotopic (exact) mass is 442 g/mol. The zero-order valence-corrected chi connectivity index (χ0v) is 17.7.